The predicted molar refractivity (Wildman–Crippen MR) is 56.4 cm³/mol. The Bertz CT molecular complexity index is 199. The van der Waals surface area contributed by atoms with Gasteiger partial charge in [-0.2, -0.15) is 0 Å². The smallest absolute Gasteiger partial charge is 0.310 e. The fourth-order valence-electron chi connectivity index (χ4n) is 1.99. The van der Waals surface area contributed by atoms with E-state index < -0.39 is 0 Å². The number of carbonyl (C=O) groups is 1. The highest BCUT2D eigenvalue weighted by atomic mass is 19.1. The Morgan fingerprint density at radius 2 is 2.40 bits per heavy atom. The number of nitrogens with zero attached hydrogens (tertiary/aromatic N) is 1. The van der Waals surface area contributed by atoms with Gasteiger partial charge in [-0.3, -0.25) is 9.18 Å². The number of carbonyl (C=O) groups excluding carboxylic acids is 1. The Hall–Kier alpha value is -0.640. The lowest BCUT2D eigenvalue weighted by Crippen LogP contribution is -2.39. The van der Waals surface area contributed by atoms with E-state index in [0.717, 1.165) is 32.5 Å². The average Bonchev–Trinajstić information content (AvgIpc) is 2.27. The molecule has 1 aliphatic heterocycles. The van der Waals surface area contributed by atoms with Gasteiger partial charge in [0.15, 0.2) is 0 Å². The molecule has 0 aliphatic carbocycles. The van der Waals surface area contributed by atoms with Gasteiger partial charge in [0.25, 0.3) is 0 Å². The van der Waals surface area contributed by atoms with Crippen LogP contribution in [0.2, 0.25) is 0 Å². The maximum atomic E-state index is 12.0. The van der Waals surface area contributed by atoms with E-state index in [4.69, 9.17) is 4.74 Å². The van der Waals surface area contributed by atoms with Crippen molar-refractivity contribution < 1.29 is 13.9 Å². The van der Waals surface area contributed by atoms with Crippen LogP contribution in [-0.4, -0.2) is 43.8 Å². The maximum Gasteiger partial charge on any atom is 0.310 e. The van der Waals surface area contributed by atoms with Crippen molar-refractivity contribution in [3.05, 3.63) is 0 Å². The second-order valence-electron chi connectivity index (χ2n) is 3.93. The monoisotopic (exact) mass is 217 g/mol. The van der Waals surface area contributed by atoms with E-state index in [1.807, 2.05) is 6.92 Å². The van der Waals surface area contributed by atoms with E-state index in [0.29, 0.717) is 13.0 Å². The molecule has 1 rings (SSSR count). The molecule has 3 nitrogen and oxygen atoms in total. The van der Waals surface area contributed by atoms with Crippen LogP contribution in [-0.2, 0) is 9.53 Å². The minimum absolute atomic E-state index is 0.00156. The summed E-state index contributed by atoms with van der Waals surface area (Å²) in [5.74, 6) is -0.0965. The molecule has 1 heterocycles. The second-order valence-corrected chi connectivity index (χ2v) is 3.93. The number of alkyl halides is 1. The number of rotatable bonds is 5. The minimum atomic E-state index is -0.277. The summed E-state index contributed by atoms with van der Waals surface area (Å²) in [5.41, 5.74) is 0. The zero-order valence-electron chi connectivity index (χ0n) is 9.38. The van der Waals surface area contributed by atoms with E-state index in [1.165, 1.54) is 0 Å². The molecule has 0 saturated carbocycles. The van der Waals surface area contributed by atoms with Gasteiger partial charge in [-0.15, -0.1) is 0 Å². The molecule has 1 atom stereocenters. The van der Waals surface area contributed by atoms with Crippen LogP contribution in [0.4, 0.5) is 4.39 Å². The topological polar surface area (TPSA) is 29.5 Å². The van der Waals surface area contributed by atoms with Crippen LogP contribution < -0.4 is 0 Å². The molecule has 0 spiro atoms. The summed E-state index contributed by atoms with van der Waals surface area (Å²) in [5, 5.41) is 0. The SMILES string of the molecule is CCOC(=O)C1CCCN(CCCF)C1. The lowest BCUT2D eigenvalue weighted by Gasteiger charge is -2.31. The molecule has 15 heavy (non-hydrogen) atoms. The summed E-state index contributed by atoms with van der Waals surface area (Å²) >= 11 is 0. The van der Waals surface area contributed by atoms with E-state index >= 15 is 0 Å². The number of halogens is 1. The van der Waals surface area contributed by atoms with Crippen LogP contribution in [0.5, 0.6) is 0 Å². The number of likely N-dealkylation sites (tertiary alicyclic amines) is 1. The number of hydrogen-bond acceptors (Lipinski definition) is 3. The summed E-state index contributed by atoms with van der Waals surface area (Å²) in [7, 11) is 0. The van der Waals surface area contributed by atoms with E-state index in [2.05, 4.69) is 4.90 Å². The van der Waals surface area contributed by atoms with Crippen molar-refractivity contribution in [3.63, 3.8) is 0 Å². The first kappa shape index (κ1) is 12.4. The fourth-order valence-corrected chi connectivity index (χ4v) is 1.99. The maximum absolute atomic E-state index is 12.0. The van der Waals surface area contributed by atoms with Crippen LogP contribution in [0.1, 0.15) is 26.2 Å². The van der Waals surface area contributed by atoms with Crippen molar-refractivity contribution in [2.24, 2.45) is 5.92 Å². The quantitative estimate of drug-likeness (QED) is 0.655. The highest BCUT2D eigenvalue weighted by Gasteiger charge is 2.26. The van der Waals surface area contributed by atoms with Crippen molar-refractivity contribution in [2.45, 2.75) is 26.2 Å². The molecule has 0 aromatic carbocycles. The minimum Gasteiger partial charge on any atom is -0.466 e. The molecule has 88 valence electrons. The molecule has 1 fully saturated rings. The number of ether oxygens (including phenoxy) is 1. The Balaban J connectivity index is 2.31. The van der Waals surface area contributed by atoms with Crippen LogP contribution in [0, 0.1) is 5.92 Å². The van der Waals surface area contributed by atoms with Gasteiger partial charge in [0, 0.05) is 13.1 Å². The van der Waals surface area contributed by atoms with Gasteiger partial charge in [0.2, 0.25) is 0 Å². The first-order valence-corrected chi connectivity index (χ1v) is 5.73. The highest BCUT2D eigenvalue weighted by Crippen LogP contribution is 2.17. The third-order valence-electron chi connectivity index (χ3n) is 2.73. The number of esters is 1. The standard InChI is InChI=1S/C11H20FNO2/c1-2-15-11(14)10-5-3-7-13(9-10)8-4-6-12/h10H,2-9H2,1H3. The normalized spacial score (nSPS) is 22.7. The Labute approximate surface area is 90.6 Å². The second kappa shape index (κ2) is 6.77. The van der Waals surface area contributed by atoms with Gasteiger partial charge in [0.05, 0.1) is 19.2 Å². The highest BCUT2D eigenvalue weighted by molar-refractivity contribution is 5.72. The summed E-state index contributed by atoms with van der Waals surface area (Å²) in [6.45, 7) is 4.46. The molecule has 0 aromatic rings. The molecule has 0 aromatic heterocycles. The number of hydrogen-bond donors (Lipinski definition) is 0. The van der Waals surface area contributed by atoms with Crippen LogP contribution in [0.3, 0.4) is 0 Å². The van der Waals surface area contributed by atoms with Crippen molar-refractivity contribution in [1.29, 1.82) is 0 Å². The Kier molecular flexibility index (Phi) is 5.61. The molecule has 1 unspecified atom stereocenters. The predicted octanol–water partition coefficient (Wildman–Crippen LogP) is 1.62. The summed E-state index contributed by atoms with van der Waals surface area (Å²) in [6, 6.07) is 0. The van der Waals surface area contributed by atoms with Gasteiger partial charge in [-0.05, 0) is 32.7 Å². The van der Waals surface area contributed by atoms with Gasteiger partial charge in [-0.25, -0.2) is 0 Å². The van der Waals surface area contributed by atoms with Crippen LogP contribution in [0.25, 0.3) is 0 Å². The third kappa shape index (κ3) is 4.16. The van der Waals surface area contributed by atoms with Gasteiger partial charge >= 0.3 is 5.97 Å². The van der Waals surface area contributed by atoms with Gasteiger partial charge in [0.1, 0.15) is 0 Å². The molecule has 1 aliphatic rings. The van der Waals surface area contributed by atoms with Gasteiger partial charge < -0.3 is 9.64 Å². The number of piperidine rings is 1. The van der Waals surface area contributed by atoms with Crippen LogP contribution >= 0.6 is 0 Å². The van der Waals surface area contributed by atoms with Crippen LogP contribution in [0.15, 0.2) is 0 Å². The first-order valence-electron chi connectivity index (χ1n) is 5.73. The lowest BCUT2D eigenvalue weighted by molar-refractivity contribution is -0.149. The zero-order valence-corrected chi connectivity index (χ0v) is 9.38. The molecule has 0 radical (unpaired) electrons. The van der Waals surface area contributed by atoms with E-state index in [9.17, 15) is 9.18 Å². The zero-order chi connectivity index (χ0) is 11.1. The van der Waals surface area contributed by atoms with Crippen molar-refractivity contribution in [3.8, 4) is 0 Å². The van der Waals surface area contributed by atoms with Crippen molar-refractivity contribution in [2.75, 3.05) is 32.9 Å². The lowest BCUT2D eigenvalue weighted by atomic mass is 9.98. The largest absolute Gasteiger partial charge is 0.466 e. The summed E-state index contributed by atoms with van der Waals surface area (Å²) < 4.78 is 17.0. The van der Waals surface area contributed by atoms with E-state index in [1.54, 1.807) is 0 Å². The molecular weight excluding hydrogens is 197 g/mol. The third-order valence-corrected chi connectivity index (χ3v) is 2.73. The van der Waals surface area contributed by atoms with Crippen molar-refractivity contribution >= 4 is 5.97 Å². The first-order chi connectivity index (χ1) is 7.27. The molecular formula is C11H20FNO2. The van der Waals surface area contributed by atoms with Gasteiger partial charge in [-0.1, -0.05) is 0 Å². The molecule has 0 amide bonds. The summed E-state index contributed by atoms with van der Waals surface area (Å²) in [6.07, 6.45) is 2.48. The van der Waals surface area contributed by atoms with E-state index in [-0.39, 0.29) is 18.6 Å². The summed E-state index contributed by atoms with van der Waals surface area (Å²) in [4.78, 5) is 13.7. The molecule has 1 saturated heterocycles. The molecule has 0 bridgehead atoms. The Morgan fingerprint density at radius 3 is 3.07 bits per heavy atom. The molecule has 4 heteroatoms. The van der Waals surface area contributed by atoms with Crippen molar-refractivity contribution in [1.82, 2.24) is 4.90 Å². The molecule has 0 N–H and O–H groups in total. The Morgan fingerprint density at radius 1 is 1.60 bits per heavy atom. The fraction of sp³-hybridized carbons (Fsp3) is 0.909. The average molecular weight is 217 g/mol.